The number of nitrogens with one attached hydrogen (secondary N) is 1. The van der Waals surface area contributed by atoms with Crippen LogP contribution in [0.1, 0.15) is 24.4 Å². The smallest absolute Gasteiger partial charge is 0.258 e. The molecule has 28 heavy (non-hydrogen) atoms. The fourth-order valence-electron chi connectivity index (χ4n) is 3.33. The lowest BCUT2D eigenvalue weighted by Gasteiger charge is -2.28. The molecule has 0 radical (unpaired) electrons. The van der Waals surface area contributed by atoms with Crippen molar-refractivity contribution in [3.63, 3.8) is 0 Å². The highest BCUT2D eigenvalue weighted by molar-refractivity contribution is 9.10. The molecule has 1 aliphatic heterocycles. The highest BCUT2D eigenvalue weighted by Gasteiger charge is 2.24. The van der Waals surface area contributed by atoms with Gasteiger partial charge in [-0.1, -0.05) is 28.1 Å². The summed E-state index contributed by atoms with van der Waals surface area (Å²) in [5, 5.41) is 2.92. The van der Waals surface area contributed by atoms with Crippen LogP contribution in [0.5, 0.6) is 11.5 Å². The van der Waals surface area contributed by atoms with Crippen LogP contribution in [0.25, 0.3) is 0 Å². The second-order valence-corrected chi connectivity index (χ2v) is 7.62. The van der Waals surface area contributed by atoms with Gasteiger partial charge >= 0.3 is 0 Å². The molecule has 0 aliphatic carbocycles. The number of likely N-dealkylation sites (tertiary alicyclic amines) is 1. The first-order valence-corrected chi connectivity index (χ1v) is 10.1. The number of amides is 1. The third-order valence-electron chi connectivity index (χ3n) is 4.83. The second-order valence-electron chi connectivity index (χ2n) is 6.70. The number of carbonyl (C=O) groups is 1. The third kappa shape index (κ3) is 5.45. The van der Waals surface area contributed by atoms with Gasteiger partial charge in [-0.15, -0.1) is 0 Å². The van der Waals surface area contributed by atoms with E-state index in [2.05, 4.69) is 26.1 Å². The van der Waals surface area contributed by atoms with Gasteiger partial charge in [-0.25, -0.2) is 4.39 Å². The maximum atomic E-state index is 13.8. The van der Waals surface area contributed by atoms with Gasteiger partial charge < -0.3 is 14.8 Å². The number of carbonyl (C=O) groups excluding carboxylic acids is 1. The molecule has 7 heteroatoms. The average molecular weight is 451 g/mol. The van der Waals surface area contributed by atoms with Crippen LogP contribution in [-0.4, -0.2) is 44.2 Å². The van der Waals surface area contributed by atoms with Crippen molar-refractivity contribution in [1.82, 2.24) is 10.2 Å². The van der Waals surface area contributed by atoms with E-state index in [1.54, 1.807) is 13.2 Å². The molecule has 150 valence electrons. The fourth-order valence-corrected chi connectivity index (χ4v) is 3.67. The Morgan fingerprint density at radius 1 is 1.21 bits per heavy atom. The van der Waals surface area contributed by atoms with E-state index in [-0.39, 0.29) is 24.3 Å². The van der Waals surface area contributed by atoms with Crippen LogP contribution < -0.4 is 14.8 Å². The Labute approximate surface area is 172 Å². The van der Waals surface area contributed by atoms with Crippen LogP contribution in [0.4, 0.5) is 4.39 Å². The van der Waals surface area contributed by atoms with E-state index in [1.165, 1.54) is 12.1 Å². The van der Waals surface area contributed by atoms with Gasteiger partial charge in [0, 0.05) is 11.0 Å². The Morgan fingerprint density at radius 2 is 1.93 bits per heavy atom. The molecule has 3 rings (SSSR count). The highest BCUT2D eigenvalue weighted by atomic mass is 79.9. The SMILES string of the molecule is COc1ccc([C@@H](CNC(=O)COc2ccc(Br)cc2F)N2CCCC2)cc1. The van der Waals surface area contributed by atoms with Gasteiger partial charge in [-0.3, -0.25) is 9.69 Å². The number of halogens is 2. The van der Waals surface area contributed by atoms with Crippen molar-refractivity contribution in [1.29, 1.82) is 0 Å². The van der Waals surface area contributed by atoms with Gasteiger partial charge in [0.25, 0.3) is 5.91 Å². The number of rotatable bonds is 8. The van der Waals surface area contributed by atoms with Gasteiger partial charge in [0.2, 0.25) is 0 Å². The molecule has 1 amide bonds. The predicted molar refractivity (Wildman–Crippen MR) is 109 cm³/mol. The van der Waals surface area contributed by atoms with Crippen molar-refractivity contribution in [3.8, 4) is 11.5 Å². The molecule has 1 fully saturated rings. The molecule has 2 aromatic rings. The lowest BCUT2D eigenvalue weighted by Crippen LogP contribution is -2.38. The summed E-state index contributed by atoms with van der Waals surface area (Å²) in [5.41, 5.74) is 1.13. The minimum atomic E-state index is -0.504. The zero-order chi connectivity index (χ0) is 19.9. The maximum Gasteiger partial charge on any atom is 0.258 e. The molecule has 1 heterocycles. The van der Waals surface area contributed by atoms with Crippen LogP contribution in [0, 0.1) is 5.82 Å². The molecule has 1 N–H and O–H groups in total. The molecule has 5 nitrogen and oxygen atoms in total. The molecule has 1 atom stereocenters. The number of benzene rings is 2. The Morgan fingerprint density at radius 3 is 2.57 bits per heavy atom. The van der Waals surface area contributed by atoms with Gasteiger partial charge in [0.05, 0.1) is 13.2 Å². The Bertz CT molecular complexity index is 795. The summed E-state index contributed by atoms with van der Waals surface area (Å²) in [4.78, 5) is 14.6. The number of nitrogens with zero attached hydrogens (tertiary/aromatic N) is 1. The molecule has 0 unspecified atom stereocenters. The second kappa shape index (κ2) is 9.89. The summed E-state index contributed by atoms with van der Waals surface area (Å²) in [6.45, 7) is 2.26. The molecular formula is C21H24BrFN2O3. The first-order valence-electron chi connectivity index (χ1n) is 9.29. The zero-order valence-corrected chi connectivity index (χ0v) is 17.4. The van der Waals surface area contributed by atoms with Crippen LogP contribution in [0.3, 0.4) is 0 Å². The van der Waals surface area contributed by atoms with Crippen molar-refractivity contribution < 1.29 is 18.7 Å². The van der Waals surface area contributed by atoms with E-state index in [0.717, 1.165) is 37.2 Å². The van der Waals surface area contributed by atoms with E-state index in [4.69, 9.17) is 9.47 Å². The number of methoxy groups -OCH3 is 1. The number of hydrogen-bond donors (Lipinski definition) is 1. The van der Waals surface area contributed by atoms with E-state index in [9.17, 15) is 9.18 Å². The lowest BCUT2D eigenvalue weighted by atomic mass is 10.1. The molecular weight excluding hydrogens is 427 g/mol. The monoisotopic (exact) mass is 450 g/mol. The van der Waals surface area contributed by atoms with Crippen LogP contribution in [-0.2, 0) is 4.79 Å². The Balaban J connectivity index is 1.58. The van der Waals surface area contributed by atoms with E-state index < -0.39 is 5.82 Å². The summed E-state index contributed by atoms with van der Waals surface area (Å²) in [6, 6.07) is 12.5. The first-order chi connectivity index (χ1) is 13.6. The predicted octanol–water partition coefficient (Wildman–Crippen LogP) is 3.93. The molecule has 2 aromatic carbocycles. The fraction of sp³-hybridized carbons (Fsp3) is 0.381. The largest absolute Gasteiger partial charge is 0.497 e. The van der Waals surface area contributed by atoms with Crippen LogP contribution in [0.15, 0.2) is 46.9 Å². The van der Waals surface area contributed by atoms with E-state index >= 15 is 0 Å². The van der Waals surface area contributed by atoms with Crippen molar-refractivity contribution in [3.05, 3.63) is 58.3 Å². The summed E-state index contributed by atoms with van der Waals surface area (Å²) in [6.07, 6.45) is 2.32. The van der Waals surface area contributed by atoms with Crippen molar-refractivity contribution in [2.24, 2.45) is 0 Å². The quantitative estimate of drug-likeness (QED) is 0.661. The summed E-state index contributed by atoms with van der Waals surface area (Å²) < 4.78 is 25.0. The first kappa shape index (κ1) is 20.6. The minimum absolute atomic E-state index is 0.0598. The minimum Gasteiger partial charge on any atom is -0.497 e. The lowest BCUT2D eigenvalue weighted by molar-refractivity contribution is -0.123. The molecule has 1 saturated heterocycles. The van der Waals surface area contributed by atoms with Crippen LogP contribution >= 0.6 is 15.9 Å². The van der Waals surface area contributed by atoms with E-state index in [0.29, 0.717) is 11.0 Å². The molecule has 0 bridgehead atoms. The van der Waals surface area contributed by atoms with E-state index in [1.807, 2.05) is 24.3 Å². The zero-order valence-electron chi connectivity index (χ0n) is 15.8. The molecule has 0 spiro atoms. The Kier molecular flexibility index (Phi) is 7.28. The number of ether oxygens (including phenoxy) is 2. The summed E-state index contributed by atoms with van der Waals surface area (Å²) >= 11 is 3.19. The highest BCUT2D eigenvalue weighted by Crippen LogP contribution is 2.26. The third-order valence-corrected chi connectivity index (χ3v) is 5.32. The standard InChI is InChI=1S/C21H24BrFN2O3/c1-27-17-7-4-15(5-8-17)19(25-10-2-3-11-25)13-24-21(26)14-28-20-9-6-16(22)12-18(20)23/h4-9,12,19H,2-3,10-11,13-14H2,1H3,(H,24,26)/t19-/m1/s1. The van der Waals surface area contributed by atoms with Crippen molar-refractivity contribution in [2.75, 3.05) is 33.4 Å². The average Bonchev–Trinajstić information content (AvgIpc) is 3.22. The van der Waals surface area contributed by atoms with Crippen LogP contribution in [0.2, 0.25) is 0 Å². The molecule has 1 aliphatic rings. The number of hydrogen-bond acceptors (Lipinski definition) is 4. The van der Waals surface area contributed by atoms with Crippen molar-refractivity contribution >= 4 is 21.8 Å². The summed E-state index contributed by atoms with van der Waals surface area (Å²) in [7, 11) is 1.64. The summed E-state index contributed by atoms with van der Waals surface area (Å²) in [5.74, 6) is 0.0813. The maximum absolute atomic E-state index is 13.8. The van der Waals surface area contributed by atoms with Gasteiger partial charge in [0.1, 0.15) is 5.75 Å². The normalized spacial score (nSPS) is 15.2. The molecule has 0 aromatic heterocycles. The topological polar surface area (TPSA) is 50.8 Å². The van der Waals surface area contributed by atoms with Gasteiger partial charge in [-0.2, -0.15) is 0 Å². The van der Waals surface area contributed by atoms with Gasteiger partial charge in [-0.05, 0) is 61.8 Å². The molecule has 0 saturated carbocycles. The van der Waals surface area contributed by atoms with Crippen molar-refractivity contribution in [2.45, 2.75) is 18.9 Å². The Hall–Kier alpha value is -2.12. The van der Waals surface area contributed by atoms with Gasteiger partial charge in [0.15, 0.2) is 18.2 Å².